The molecule has 1 N–H and O–H groups in total. The first kappa shape index (κ1) is 21.9. The number of anilines is 1. The average molecular weight is 432 g/mol. The third-order valence-corrected chi connectivity index (χ3v) is 5.55. The van der Waals surface area contributed by atoms with Gasteiger partial charge in [-0.3, -0.25) is 0 Å². The van der Waals surface area contributed by atoms with Crippen LogP contribution in [0.15, 0.2) is 78.9 Å². The van der Waals surface area contributed by atoms with E-state index >= 15 is 0 Å². The molecule has 0 bridgehead atoms. The van der Waals surface area contributed by atoms with Crippen molar-refractivity contribution in [2.75, 3.05) is 11.9 Å². The molecule has 0 spiro atoms. The Balaban J connectivity index is 1.69. The minimum absolute atomic E-state index is 0.395. The second-order valence-corrected chi connectivity index (χ2v) is 8.40. The average Bonchev–Trinajstić information content (AvgIpc) is 2.80. The zero-order valence-electron chi connectivity index (χ0n) is 18.7. The van der Waals surface area contributed by atoms with E-state index in [4.69, 9.17) is 14.2 Å². The SMILES string of the molecule is CCNc1ccc2c(c1)C(OCc1ccccc1)C(OC(=O)c1ccccc1)C(C)(C)O2. The minimum Gasteiger partial charge on any atom is -0.483 e. The van der Waals surface area contributed by atoms with Gasteiger partial charge in [0.2, 0.25) is 0 Å². The Morgan fingerprint density at radius 1 is 1.00 bits per heavy atom. The van der Waals surface area contributed by atoms with Crippen molar-refractivity contribution in [1.82, 2.24) is 0 Å². The second-order valence-electron chi connectivity index (χ2n) is 8.40. The smallest absolute Gasteiger partial charge is 0.338 e. The number of fused-ring (bicyclic) bond motifs is 1. The van der Waals surface area contributed by atoms with Gasteiger partial charge in [0.1, 0.15) is 17.5 Å². The summed E-state index contributed by atoms with van der Waals surface area (Å²) in [7, 11) is 0. The maximum atomic E-state index is 13.0. The topological polar surface area (TPSA) is 56.8 Å². The van der Waals surface area contributed by atoms with E-state index in [9.17, 15) is 4.79 Å². The number of hydrogen-bond acceptors (Lipinski definition) is 5. The molecule has 0 aliphatic carbocycles. The first-order chi connectivity index (χ1) is 15.5. The van der Waals surface area contributed by atoms with Crippen LogP contribution in [-0.2, 0) is 16.1 Å². The summed E-state index contributed by atoms with van der Waals surface area (Å²) in [6.45, 7) is 7.09. The van der Waals surface area contributed by atoms with E-state index in [-0.39, 0.29) is 0 Å². The van der Waals surface area contributed by atoms with Crippen LogP contribution in [0.2, 0.25) is 0 Å². The predicted octanol–water partition coefficient (Wildman–Crippen LogP) is 5.77. The molecule has 0 aromatic heterocycles. The number of ether oxygens (including phenoxy) is 3. The summed E-state index contributed by atoms with van der Waals surface area (Å²) in [5.41, 5.74) is 2.60. The van der Waals surface area contributed by atoms with Crippen LogP contribution in [0.4, 0.5) is 5.69 Å². The summed E-state index contributed by atoms with van der Waals surface area (Å²) in [4.78, 5) is 13.0. The molecule has 166 valence electrons. The van der Waals surface area contributed by atoms with E-state index in [1.54, 1.807) is 12.1 Å². The molecule has 0 amide bonds. The van der Waals surface area contributed by atoms with E-state index in [1.807, 2.05) is 87.5 Å². The van der Waals surface area contributed by atoms with Gasteiger partial charge in [0, 0.05) is 17.8 Å². The Labute approximate surface area is 189 Å². The van der Waals surface area contributed by atoms with E-state index in [1.165, 1.54) is 0 Å². The molecule has 0 saturated heterocycles. The highest BCUT2D eigenvalue weighted by molar-refractivity contribution is 5.89. The van der Waals surface area contributed by atoms with Gasteiger partial charge in [-0.15, -0.1) is 0 Å². The maximum absolute atomic E-state index is 13.0. The van der Waals surface area contributed by atoms with E-state index < -0.39 is 23.8 Å². The summed E-state index contributed by atoms with van der Waals surface area (Å²) in [6, 6.07) is 24.9. The van der Waals surface area contributed by atoms with Crippen molar-refractivity contribution >= 4 is 11.7 Å². The zero-order chi connectivity index (χ0) is 22.6. The maximum Gasteiger partial charge on any atom is 0.338 e. The van der Waals surface area contributed by atoms with Crippen molar-refractivity contribution < 1.29 is 19.0 Å². The Hall–Kier alpha value is -3.31. The molecule has 1 heterocycles. The molecule has 1 aliphatic rings. The molecule has 3 aromatic rings. The van der Waals surface area contributed by atoms with Crippen LogP contribution in [-0.4, -0.2) is 24.2 Å². The van der Waals surface area contributed by atoms with Gasteiger partial charge in [-0.05, 0) is 56.7 Å². The van der Waals surface area contributed by atoms with Crippen molar-refractivity contribution in [3.8, 4) is 5.75 Å². The van der Waals surface area contributed by atoms with Crippen LogP contribution >= 0.6 is 0 Å². The summed E-state index contributed by atoms with van der Waals surface area (Å²) >= 11 is 0. The quantitative estimate of drug-likeness (QED) is 0.481. The van der Waals surface area contributed by atoms with Crippen LogP contribution in [0.3, 0.4) is 0 Å². The number of benzene rings is 3. The van der Waals surface area contributed by atoms with Crippen LogP contribution < -0.4 is 10.1 Å². The molecule has 5 nitrogen and oxygen atoms in total. The molecular weight excluding hydrogens is 402 g/mol. The number of esters is 1. The molecule has 1 aliphatic heterocycles. The standard InChI is InChI=1S/C27H29NO4/c1-4-28-21-15-16-23-22(17-21)24(30-18-19-11-7-5-8-12-19)25(27(2,3)32-23)31-26(29)20-13-9-6-10-14-20/h5-17,24-25,28H,4,18H2,1-3H3. The van der Waals surface area contributed by atoms with Crippen molar-refractivity contribution in [2.24, 2.45) is 0 Å². The second kappa shape index (κ2) is 9.45. The van der Waals surface area contributed by atoms with Crippen molar-refractivity contribution in [1.29, 1.82) is 0 Å². The van der Waals surface area contributed by atoms with Gasteiger partial charge in [0.25, 0.3) is 0 Å². The molecule has 2 atom stereocenters. The fraction of sp³-hybridized carbons (Fsp3) is 0.296. The van der Waals surface area contributed by atoms with Crippen molar-refractivity contribution in [3.63, 3.8) is 0 Å². The lowest BCUT2D eigenvalue weighted by atomic mass is 9.87. The third-order valence-electron chi connectivity index (χ3n) is 5.55. The van der Waals surface area contributed by atoms with Crippen LogP contribution in [0, 0.1) is 0 Å². The molecule has 32 heavy (non-hydrogen) atoms. The number of carbonyl (C=O) groups excluding carboxylic acids is 1. The first-order valence-electron chi connectivity index (χ1n) is 11.0. The predicted molar refractivity (Wildman–Crippen MR) is 125 cm³/mol. The van der Waals surface area contributed by atoms with E-state index in [0.717, 1.165) is 29.1 Å². The van der Waals surface area contributed by atoms with Gasteiger partial charge < -0.3 is 19.5 Å². The molecule has 4 rings (SSSR count). The fourth-order valence-electron chi connectivity index (χ4n) is 3.95. The molecule has 5 heteroatoms. The van der Waals surface area contributed by atoms with Gasteiger partial charge >= 0.3 is 5.97 Å². The number of rotatable bonds is 7. The molecule has 0 saturated carbocycles. The Kier molecular flexibility index (Phi) is 6.47. The summed E-state index contributed by atoms with van der Waals surface area (Å²) in [6.07, 6.45) is -1.12. The highest BCUT2D eigenvalue weighted by Gasteiger charge is 2.47. The highest BCUT2D eigenvalue weighted by Crippen LogP contribution is 2.45. The summed E-state index contributed by atoms with van der Waals surface area (Å²) in [5, 5.41) is 3.34. The Morgan fingerprint density at radius 3 is 2.38 bits per heavy atom. The molecule has 2 unspecified atom stereocenters. The Morgan fingerprint density at radius 2 is 1.69 bits per heavy atom. The fourth-order valence-corrected chi connectivity index (χ4v) is 3.95. The lowest BCUT2D eigenvalue weighted by molar-refractivity contribution is -0.143. The van der Waals surface area contributed by atoms with Gasteiger partial charge in [0.05, 0.1) is 12.2 Å². The van der Waals surface area contributed by atoms with Gasteiger partial charge in [-0.25, -0.2) is 4.79 Å². The lowest BCUT2D eigenvalue weighted by Crippen LogP contribution is -2.51. The normalized spacial score (nSPS) is 18.8. The number of nitrogens with one attached hydrogen (secondary N) is 1. The third kappa shape index (κ3) is 4.78. The summed E-state index contributed by atoms with van der Waals surface area (Å²) < 4.78 is 18.8. The molecule has 3 aromatic carbocycles. The number of carbonyl (C=O) groups is 1. The number of hydrogen-bond donors (Lipinski definition) is 1. The zero-order valence-corrected chi connectivity index (χ0v) is 18.7. The van der Waals surface area contributed by atoms with Crippen LogP contribution in [0.25, 0.3) is 0 Å². The Bertz CT molecular complexity index is 1050. The van der Waals surface area contributed by atoms with E-state index in [0.29, 0.717) is 12.2 Å². The van der Waals surface area contributed by atoms with Gasteiger partial charge in [-0.1, -0.05) is 48.5 Å². The van der Waals surface area contributed by atoms with E-state index in [2.05, 4.69) is 5.32 Å². The minimum atomic E-state index is -0.779. The summed E-state index contributed by atoms with van der Waals surface area (Å²) in [5.74, 6) is 0.341. The molecule has 0 fully saturated rings. The van der Waals surface area contributed by atoms with Crippen molar-refractivity contribution in [3.05, 3.63) is 95.6 Å². The van der Waals surface area contributed by atoms with Gasteiger partial charge in [0.15, 0.2) is 6.10 Å². The molecular formula is C27H29NO4. The van der Waals surface area contributed by atoms with Crippen LogP contribution in [0.1, 0.15) is 48.4 Å². The molecule has 0 radical (unpaired) electrons. The monoisotopic (exact) mass is 431 g/mol. The van der Waals surface area contributed by atoms with Gasteiger partial charge in [-0.2, -0.15) is 0 Å². The largest absolute Gasteiger partial charge is 0.483 e. The first-order valence-corrected chi connectivity index (χ1v) is 11.0. The highest BCUT2D eigenvalue weighted by atomic mass is 16.6. The van der Waals surface area contributed by atoms with Crippen molar-refractivity contribution in [2.45, 2.75) is 45.2 Å². The lowest BCUT2D eigenvalue weighted by Gasteiger charge is -2.43. The van der Waals surface area contributed by atoms with Crippen LogP contribution in [0.5, 0.6) is 5.75 Å².